The first-order valence-corrected chi connectivity index (χ1v) is 8.15. The zero-order chi connectivity index (χ0) is 19.7. The van der Waals surface area contributed by atoms with Crippen molar-refractivity contribution in [3.63, 3.8) is 0 Å². The highest BCUT2D eigenvalue weighted by molar-refractivity contribution is 5.95. The van der Waals surface area contributed by atoms with Gasteiger partial charge in [0.15, 0.2) is 0 Å². The first kappa shape index (κ1) is 18.1. The minimum atomic E-state index is -0.735. The fraction of sp³-hybridized carbons (Fsp3) is 0.235. The third-order valence-electron chi connectivity index (χ3n) is 4.19. The van der Waals surface area contributed by atoms with Gasteiger partial charge in [-0.3, -0.25) is 10.1 Å². The van der Waals surface area contributed by atoms with E-state index >= 15 is 0 Å². The number of nitrogen functional groups attached to an aromatic ring is 2. The maximum Gasteiger partial charge on any atom is 0.336 e. The van der Waals surface area contributed by atoms with Crippen molar-refractivity contribution < 1.29 is 14.5 Å². The molecular weight excluding hydrogens is 352 g/mol. The van der Waals surface area contributed by atoms with Crippen LogP contribution in [0.1, 0.15) is 30.9 Å². The van der Waals surface area contributed by atoms with Crippen molar-refractivity contribution in [2.45, 2.75) is 19.8 Å². The second-order valence-electron chi connectivity index (χ2n) is 5.90. The normalized spacial score (nSPS) is 15.7. The highest BCUT2D eigenvalue weighted by Crippen LogP contribution is 2.44. The Bertz CT molecular complexity index is 972. The number of nitro benzene ring substituents is 1. The maximum absolute atomic E-state index is 12.6. The van der Waals surface area contributed by atoms with E-state index in [9.17, 15) is 14.9 Å². The lowest BCUT2D eigenvalue weighted by molar-refractivity contribution is -0.384. The molecule has 140 valence electrons. The van der Waals surface area contributed by atoms with Crippen LogP contribution in [0.3, 0.4) is 0 Å². The number of non-ortho nitro benzene ring substituents is 1. The van der Waals surface area contributed by atoms with Crippen LogP contribution in [0.2, 0.25) is 0 Å². The maximum atomic E-state index is 12.6. The molecule has 0 aliphatic carbocycles. The van der Waals surface area contributed by atoms with Crippen LogP contribution in [0.5, 0.6) is 0 Å². The van der Waals surface area contributed by atoms with Gasteiger partial charge in [0, 0.05) is 23.4 Å². The number of hydrogen-bond acceptors (Lipinski definition) is 9. The summed E-state index contributed by atoms with van der Waals surface area (Å²) < 4.78 is 5.18. The van der Waals surface area contributed by atoms with E-state index in [-0.39, 0.29) is 29.6 Å². The van der Waals surface area contributed by atoms with Crippen LogP contribution >= 0.6 is 0 Å². The minimum absolute atomic E-state index is 0.0241. The van der Waals surface area contributed by atoms with Gasteiger partial charge in [-0.1, -0.05) is 12.1 Å². The molecule has 1 aliphatic heterocycles. The van der Waals surface area contributed by atoms with Crippen LogP contribution in [-0.4, -0.2) is 27.5 Å². The molecule has 1 unspecified atom stereocenters. The van der Waals surface area contributed by atoms with Gasteiger partial charge in [-0.15, -0.1) is 0 Å². The number of nitrogens with two attached hydrogens (primary N) is 2. The van der Waals surface area contributed by atoms with Crippen molar-refractivity contribution in [3.8, 4) is 0 Å². The van der Waals surface area contributed by atoms with Crippen LogP contribution in [0.4, 0.5) is 23.3 Å². The molecule has 0 saturated carbocycles. The van der Waals surface area contributed by atoms with Gasteiger partial charge in [0.1, 0.15) is 11.6 Å². The molecule has 27 heavy (non-hydrogen) atoms. The van der Waals surface area contributed by atoms with E-state index < -0.39 is 16.8 Å². The lowest BCUT2D eigenvalue weighted by atomic mass is 9.81. The summed E-state index contributed by atoms with van der Waals surface area (Å²) in [6.45, 7) is 3.56. The van der Waals surface area contributed by atoms with Crippen molar-refractivity contribution in [2.24, 2.45) is 0 Å². The lowest BCUT2D eigenvalue weighted by Crippen LogP contribution is -2.26. The summed E-state index contributed by atoms with van der Waals surface area (Å²) in [5, 5.41) is 14.2. The SMILES string of the molecule is CCOC(=O)C1=C(C)Nc2nc(N)nc(N)c2C1c1cccc([N+](=O)[O-])c1. The molecule has 0 fully saturated rings. The molecule has 10 nitrogen and oxygen atoms in total. The number of allylic oxidation sites excluding steroid dienone is 1. The van der Waals surface area contributed by atoms with Gasteiger partial charge in [-0.25, -0.2) is 4.79 Å². The van der Waals surface area contributed by atoms with Crippen LogP contribution in [0, 0.1) is 10.1 Å². The van der Waals surface area contributed by atoms with Gasteiger partial charge >= 0.3 is 5.97 Å². The Morgan fingerprint density at radius 1 is 1.37 bits per heavy atom. The number of carbonyl (C=O) groups excluding carboxylic acids is 1. The average molecular weight is 370 g/mol. The Morgan fingerprint density at radius 3 is 2.78 bits per heavy atom. The standard InChI is InChI=1S/C17H18N6O4/c1-3-27-16(24)11-8(2)20-15-13(14(18)21-17(19)22-15)12(11)9-5-4-6-10(7-9)23(25)26/h4-7,12H,3H2,1-2H3,(H5,18,19,20,21,22). The predicted octanol–water partition coefficient (Wildman–Crippen LogP) is 1.94. The van der Waals surface area contributed by atoms with E-state index in [4.69, 9.17) is 16.2 Å². The number of carbonyl (C=O) groups is 1. The number of nitrogens with zero attached hydrogens (tertiary/aromatic N) is 3. The largest absolute Gasteiger partial charge is 0.463 e. The highest BCUT2D eigenvalue weighted by Gasteiger charge is 2.36. The molecule has 2 aromatic rings. The average Bonchev–Trinajstić information content (AvgIpc) is 2.60. The monoisotopic (exact) mass is 370 g/mol. The van der Waals surface area contributed by atoms with Crippen molar-refractivity contribution in [1.82, 2.24) is 9.97 Å². The molecule has 10 heteroatoms. The molecule has 1 aliphatic rings. The third-order valence-corrected chi connectivity index (χ3v) is 4.19. The number of anilines is 3. The first-order chi connectivity index (χ1) is 12.8. The number of nitrogens with one attached hydrogen (secondary N) is 1. The summed E-state index contributed by atoms with van der Waals surface area (Å²) in [6, 6.07) is 5.98. The van der Waals surface area contributed by atoms with Gasteiger partial charge in [-0.2, -0.15) is 9.97 Å². The van der Waals surface area contributed by atoms with Gasteiger partial charge in [0.05, 0.1) is 23.0 Å². The molecule has 3 rings (SSSR count). The molecule has 2 heterocycles. The molecule has 1 aromatic heterocycles. The minimum Gasteiger partial charge on any atom is -0.463 e. The number of fused-ring (bicyclic) bond motifs is 1. The number of esters is 1. The fourth-order valence-electron chi connectivity index (χ4n) is 3.12. The summed E-state index contributed by atoms with van der Waals surface area (Å²) in [5.74, 6) is -0.886. The summed E-state index contributed by atoms with van der Waals surface area (Å²) >= 11 is 0. The van der Waals surface area contributed by atoms with Crippen LogP contribution in [0.15, 0.2) is 35.5 Å². The topological polar surface area (TPSA) is 159 Å². The Hall–Kier alpha value is -3.69. The highest BCUT2D eigenvalue weighted by atomic mass is 16.6. The van der Waals surface area contributed by atoms with Crippen molar-refractivity contribution in [3.05, 3.63) is 56.8 Å². The van der Waals surface area contributed by atoms with E-state index in [1.807, 2.05) is 0 Å². The second-order valence-corrected chi connectivity index (χ2v) is 5.90. The van der Waals surface area contributed by atoms with E-state index in [2.05, 4.69) is 15.3 Å². The summed E-state index contributed by atoms with van der Waals surface area (Å²) in [4.78, 5) is 31.5. The van der Waals surface area contributed by atoms with Gasteiger partial charge in [0.2, 0.25) is 5.95 Å². The van der Waals surface area contributed by atoms with Crippen LogP contribution < -0.4 is 16.8 Å². The quantitative estimate of drug-likeness (QED) is 0.415. The molecule has 0 saturated heterocycles. The van der Waals surface area contributed by atoms with Gasteiger partial charge < -0.3 is 21.5 Å². The van der Waals surface area contributed by atoms with E-state index in [0.29, 0.717) is 22.6 Å². The Labute approximate surface area is 154 Å². The van der Waals surface area contributed by atoms with Crippen molar-refractivity contribution in [1.29, 1.82) is 0 Å². The third kappa shape index (κ3) is 3.24. The molecular formula is C17H18N6O4. The Morgan fingerprint density at radius 2 is 2.11 bits per heavy atom. The van der Waals surface area contributed by atoms with Crippen molar-refractivity contribution in [2.75, 3.05) is 23.4 Å². The van der Waals surface area contributed by atoms with E-state index in [0.717, 1.165) is 0 Å². The second kappa shape index (κ2) is 6.90. The molecule has 0 bridgehead atoms. The number of hydrogen-bond donors (Lipinski definition) is 3. The summed E-state index contributed by atoms with van der Waals surface area (Å²) in [7, 11) is 0. The summed E-state index contributed by atoms with van der Waals surface area (Å²) in [6.07, 6.45) is 0. The smallest absolute Gasteiger partial charge is 0.336 e. The molecule has 0 amide bonds. The zero-order valence-electron chi connectivity index (χ0n) is 14.7. The number of benzene rings is 1. The molecule has 5 N–H and O–H groups in total. The predicted molar refractivity (Wildman–Crippen MR) is 98.8 cm³/mol. The van der Waals surface area contributed by atoms with E-state index in [1.165, 1.54) is 12.1 Å². The lowest BCUT2D eigenvalue weighted by Gasteiger charge is -2.29. The van der Waals surface area contributed by atoms with E-state index in [1.54, 1.807) is 26.0 Å². The van der Waals surface area contributed by atoms with Crippen LogP contribution in [0.25, 0.3) is 0 Å². The Kier molecular flexibility index (Phi) is 4.63. The van der Waals surface area contributed by atoms with Crippen LogP contribution in [-0.2, 0) is 9.53 Å². The summed E-state index contributed by atoms with van der Waals surface area (Å²) in [5.41, 5.74) is 13.3. The van der Waals surface area contributed by atoms with Crippen molar-refractivity contribution >= 4 is 29.2 Å². The fourth-order valence-corrected chi connectivity index (χ4v) is 3.12. The van der Waals surface area contributed by atoms with Gasteiger partial charge in [-0.05, 0) is 19.4 Å². The molecule has 1 atom stereocenters. The Balaban J connectivity index is 2.27. The van der Waals surface area contributed by atoms with Gasteiger partial charge in [0.25, 0.3) is 5.69 Å². The first-order valence-electron chi connectivity index (χ1n) is 8.15. The number of rotatable bonds is 4. The molecule has 1 aromatic carbocycles. The molecule has 0 radical (unpaired) electrons. The number of nitro groups is 1. The number of aromatic nitrogens is 2. The zero-order valence-corrected chi connectivity index (χ0v) is 14.7. The number of ether oxygens (including phenoxy) is 1. The molecule has 0 spiro atoms.